The number of ether oxygens (including phenoxy) is 1. The lowest BCUT2D eigenvalue weighted by Gasteiger charge is -2.11. The minimum Gasteiger partial charge on any atom is -0.485 e. The van der Waals surface area contributed by atoms with Crippen molar-refractivity contribution in [2.24, 2.45) is 0 Å². The molecule has 0 heterocycles. The van der Waals surface area contributed by atoms with Crippen molar-refractivity contribution in [3.8, 4) is 5.75 Å². The molecule has 0 unspecified atom stereocenters. The zero-order chi connectivity index (χ0) is 15.4. The number of rotatable bonds is 5. The molecule has 0 radical (unpaired) electrons. The van der Waals surface area contributed by atoms with E-state index in [0.29, 0.717) is 17.4 Å². The molecule has 6 heteroatoms. The lowest BCUT2D eigenvalue weighted by Crippen LogP contribution is -2.03. The number of nitrogens with zero attached hydrogens (tertiary/aromatic N) is 1. The first-order chi connectivity index (χ1) is 10.0. The molecule has 2 rings (SSSR count). The van der Waals surface area contributed by atoms with Gasteiger partial charge in [-0.15, -0.1) is 0 Å². The monoisotopic (exact) mass is 289 g/mol. The molecule has 21 heavy (non-hydrogen) atoms. The fourth-order valence-corrected chi connectivity index (χ4v) is 1.94. The van der Waals surface area contributed by atoms with Crippen molar-refractivity contribution in [3.05, 3.63) is 69.0 Å². The van der Waals surface area contributed by atoms with E-state index in [4.69, 9.17) is 4.74 Å². The van der Waals surface area contributed by atoms with Crippen LogP contribution in [-0.2, 0) is 6.61 Å². The Kier molecular flexibility index (Phi) is 4.27. The highest BCUT2D eigenvalue weighted by molar-refractivity contribution is 5.79. The first-order valence-electron chi connectivity index (χ1n) is 6.14. The van der Waals surface area contributed by atoms with E-state index in [1.807, 2.05) is 0 Å². The summed E-state index contributed by atoms with van der Waals surface area (Å²) in [6, 6.07) is 8.60. The van der Waals surface area contributed by atoms with Crippen molar-refractivity contribution in [1.29, 1.82) is 0 Å². The third kappa shape index (κ3) is 3.05. The SMILES string of the molecule is Cc1c(COc2c(F)cccc2C=O)cccc1[N+](=O)[O-]. The number of para-hydroxylation sites is 1. The summed E-state index contributed by atoms with van der Waals surface area (Å²) in [6.45, 7) is 1.54. The number of nitro benzene ring substituents is 1. The number of hydrogen-bond donors (Lipinski definition) is 0. The maximum atomic E-state index is 13.7. The van der Waals surface area contributed by atoms with Crippen LogP contribution in [0.5, 0.6) is 5.75 Å². The predicted octanol–water partition coefficient (Wildman–Crippen LogP) is 3.43. The van der Waals surface area contributed by atoms with Crippen LogP contribution in [0.15, 0.2) is 36.4 Å². The van der Waals surface area contributed by atoms with E-state index in [-0.39, 0.29) is 23.6 Å². The third-order valence-electron chi connectivity index (χ3n) is 3.11. The van der Waals surface area contributed by atoms with E-state index in [0.717, 1.165) is 0 Å². The van der Waals surface area contributed by atoms with Crippen molar-refractivity contribution < 1.29 is 18.8 Å². The van der Waals surface area contributed by atoms with Crippen molar-refractivity contribution in [1.82, 2.24) is 0 Å². The van der Waals surface area contributed by atoms with Crippen LogP contribution in [0.3, 0.4) is 0 Å². The number of nitro groups is 1. The van der Waals surface area contributed by atoms with Gasteiger partial charge < -0.3 is 4.74 Å². The van der Waals surface area contributed by atoms with Gasteiger partial charge in [-0.25, -0.2) is 4.39 Å². The second kappa shape index (κ2) is 6.13. The molecule has 0 spiro atoms. The van der Waals surface area contributed by atoms with Gasteiger partial charge >= 0.3 is 0 Å². The van der Waals surface area contributed by atoms with E-state index in [2.05, 4.69) is 0 Å². The fraction of sp³-hybridized carbons (Fsp3) is 0.133. The van der Waals surface area contributed by atoms with Crippen LogP contribution < -0.4 is 4.74 Å². The Balaban J connectivity index is 2.27. The Hall–Kier alpha value is -2.76. The van der Waals surface area contributed by atoms with Crippen LogP contribution in [0, 0.1) is 22.9 Å². The molecule has 0 saturated carbocycles. The van der Waals surface area contributed by atoms with Gasteiger partial charge in [0.1, 0.15) is 6.61 Å². The Morgan fingerprint density at radius 3 is 2.67 bits per heavy atom. The maximum absolute atomic E-state index is 13.7. The number of carbonyl (C=O) groups excluding carboxylic acids is 1. The number of carbonyl (C=O) groups is 1. The van der Waals surface area contributed by atoms with Crippen LogP contribution in [0.4, 0.5) is 10.1 Å². The quantitative estimate of drug-likeness (QED) is 0.480. The molecular weight excluding hydrogens is 277 g/mol. The summed E-state index contributed by atoms with van der Waals surface area (Å²) >= 11 is 0. The molecule has 0 aliphatic carbocycles. The Bertz CT molecular complexity index is 700. The molecule has 0 atom stereocenters. The van der Waals surface area contributed by atoms with Crippen LogP contribution in [0.25, 0.3) is 0 Å². The first-order valence-corrected chi connectivity index (χ1v) is 6.14. The molecule has 0 aromatic heterocycles. The van der Waals surface area contributed by atoms with Gasteiger partial charge in [0, 0.05) is 11.6 Å². The lowest BCUT2D eigenvalue weighted by atomic mass is 10.1. The van der Waals surface area contributed by atoms with Crippen molar-refractivity contribution in [3.63, 3.8) is 0 Å². The Morgan fingerprint density at radius 1 is 1.29 bits per heavy atom. The minimum absolute atomic E-state index is 0.0276. The highest BCUT2D eigenvalue weighted by Gasteiger charge is 2.15. The summed E-state index contributed by atoms with van der Waals surface area (Å²) < 4.78 is 19.0. The lowest BCUT2D eigenvalue weighted by molar-refractivity contribution is -0.385. The van der Waals surface area contributed by atoms with E-state index in [1.165, 1.54) is 30.3 Å². The molecule has 0 fully saturated rings. The summed E-state index contributed by atoms with van der Waals surface area (Å²) in [5, 5.41) is 10.9. The van der Waals surface area contributed by atoms with Gasteiger partial charge in [-0.3, -0.25) is 14.9 Å². The molecule has 108 valence electrons. The Morgan fingerprint density at radius 2 is 2.00 bits per heavy atom. The van der Waals surface area contributed by atoms with Gasteiger partial charge in [0.25, 0.3) is 5.69 Å². The highest BCUT2D eigenvalue weighted by atomic mass is 19.1. The maximum Gasteiger partial charge on any atom is 0.272 e. The second-order valence-corrected chi connectivity index (χ2v) is 4.38. The van der Waals surface area contributed by atoms with Gasteiger partial charge in [0.05, 0.1) is 10.5 Å². The topological polar surface area (TPSA) is 69.4 Å². The van der Waals surface area contributed by atoms with Crippen molar-refractivity contribution in [2.45, 2.75) is 13.5 Å². The second-order valence-electron chi connectivity index (χ2n) is 4.38. The summed E-state index contributed by atoms with van der Waals surface area (Å²) in [5.74, 6) is -0.805. The summed E-state index contributed by atoms with van der Waals surface area (Å²) in [5.41, 5.74) is 1.08. The van der Waals surface area contributed by atoms with Crippen LogP contribution in [0.1, 0.15) is 21.5 Å². The molecule has 2 aromatic rings. The zero-order valence-corrected chi connectivity index (χ0v) is 11.2. The number of hydrogen-bond acceptors (Lipinski definition) is 4. The summed E-state index contributed by atoms with van der Waals surface area (Å²) in [4.78, 5) is 21.2. The van der Waals surface area contributed by atoms with Crippen molar-refractivity contribution >= 4 is 12.0 Å². The molecule has 2 aromatic carbocycles. The summed E-state index contributed by atoms with van der Waals surface area (Å²) in [7, 11) is 0. The number of aldehydes is 1. The normalized spacial score (nSPS) is 10.2. The van der Waals surface area contributed by atoms with Gasteiger partial charge in [0.2, 0.25) is 0 Å². The summed E-state index contributed by atoms with van der Waals surface area (Å²) in [6.07, 6.45) is 0.499. The standard InChI is InChI=1S/C15H12FNO4/c1-10-12(5-3-7-14(10)17(19)20)9-21-15-11(8-18)4-2-6-13(15)16/h2-8H,9H2,1H3. The molecule has 0 aliphatic heterocycles. The largest absolute Gasteiger partial charge is 0.485 e. The zero-order valence-electron chi connectivity index (χ0n) is 11.2. The third-order valence-corrected chi connectivity index (χ3v) is 3.11. The van der Waals surface area contributed by atoms with E-state index in [9.17, 15) is 19.3 Å². The van der Waals surface area contributed by atoms with Gasteiger partial charge in [-0.05, 0) is 24.6 Å². The van der Waals surface area contributed by atoms with E-state index < -0.39 is 10.7 Å². The predicted molar refractivity (Wildman–Crippen MR) is 74.0 cm³/mol. The van der Waals surface area contributed by atoms with E-state index in [1.54, 1.807) is 13.0 Å². The number of halogens is 1. The Labute approximate surface area is 120 Å². The van der Waals surface area contributed by atoms with Crippen molar-refractivity contribution in [2.75, 3.05) is 0 Å². The van der Waals surface area contributed by atoms with Crippen LogP contribution in [-0.4, -0.2) is 11.2 Å². The fourth-order valence-electron chi connectivity index (χ4n) is 1.94. The van der Waals surface area contributed by atoms with Crippen LogP contribution >= 0.6 is 0 Å². The molecular formula is C15H12FNO4. The first kappa shape index (κ1) is 14.6. The van der Waals surface area contributed by atoms with Gasteiger partial charge in [-0.1, -0.05) is 18.2 Å². The molecule has 0 N–H and O–H groups in total. The molecule has 0 amide bonds. The van der Waals surface area contributed by atoms with E-state index >= 15 is 0 Å². The molecule has 0 aliphatic rings. The van der Waals surface area contributed by atoms with Crippen LogP contribution in [0.2, 0.25) is 0 Å². The highest BCUT2D eigenvalue weighted by Crippen LogP contribution is 2.25. The average Bonchev–Trinajstić information content (AvgIpc) is 2.46. The van der Waals surface area contributed by atoms with Gasteiger partial charge in [-0.2, -0.15) is 0 Å². The molecule has 5 nitrogen and oxygen atoms in total. The molecule has 0 bridgehead atoms. The van der Waals surface area contributed by atoms with Gasteiger partial charge in [0.15, 0.2) is 17.9 Å². The average molecular weight is 289 g/mol. The smallest absolute Gasteiger partial charge is 0.272 e. The number of benzene rings is 2. The molecule has 0 saturated heterocycles. The minimum atomic E-state index is -0.650.